The number of hydrogen-bond donors (Lipinski definition) is 3. The van der Waals surface area contributed by atoms with Crippen LogP contribution in [-0.4, -0.2) is 28.2 Å². The number of rotatable bonds is 5. The van der Waals surface area contributed by atoms with Crippen LogP contribution in [0.1, 0.15) is 18.3 Å². The molecule has 0 saturated carbocycles. The summed E-state index contributed by atoms with van der Waals surface area (Å²) in [5.41, 5.74) is -0.778. The van der Waals surface area contributed by atoms with E-state index >= 15 is 0 Å². The summed E-state index contributed by atoms with van der Waals surface area (Å²) in [6.07, 6.45) is -6.03. The van der Waals surface area contributed by atoms with Gasteiger partial charge in [-0.3, -0.25) is 9.59 Å². The molecule has 0 aromatic carbocycles. The molecule has 0 fully saturated rings. The van der Waals surface area contributed by atoms with Gasteiger partial charge >= 0.3 is 11.9 Å². The molecule has 0 bridgehead atoms. The summed E-state index contributed by atoms with van der Waals surface area (Å²) in [6.45, 7) is 0. The van der Waals surface area contributed by atoms with Crippen molar-refractivity contribution in [2.75, 3.05) is 0 Å². The number of hydrogen-bond acceptors (Lipinski definition) is 3. The molecule has 0 aliphatic heterocycles. The molecule has 0 aromatic heterocycles. The van der Waals surface area contributed by atoms with E-state index in [2.05, 4.69) is 0 Å². The average molecular weight is 153 g/mol. The van der Waals surface area contributed by atoms with Crippen molar-refractivity contribution in [2.24, 2.45) is 5.72 Å². The van der Waals surface area contributed by atoms with Crippen molar-refractivity contribution in [3.63, 3.8) is 0 Å². The standard InChI is InChI=1S/C5H9NO4/c6-3(5(9)10)1-2-4(7)8/h3H,1-2,6H2,(H,7,8)(H,9,10)/t3-/m0/s1/i1D2,2D,3D/hD2/t2?,3-. The number of carboxylic acid groups (broad SMARTS) is 2. The Morgan fingerprint density at radius 2 is 2.40 bits per heavy atom. The maximum atomic E-state index is 10.7. The van der Waals surface area contributed by atoms with Crippen molar-refractivity contribution >= 4 is 11.9 Å². The zero-order valence-corrected chi connectivity index (χ0v) is 4.74. The fourth-order valence-corrected chi connectivity index (χ4v) is 0.192. The lowest BCUT2D eigenvalue weighted by molar-refractivity contribution is -0.139. The first-order valence-corrected chi connectivity index (χ1v) is 2.16. The van der Waals surface area contributed by atoms with Gasteiger partial charge in [-0.25, -0.2) is 0 Å². The largest absolute Gasteiger partial charge is 0.481 e. The van der Waals surface area contributed by atoms with Crippen molar-refractivity contribution in [3.8, 4) is 0 Å². The molecule has 0 aliphatic rings. The number of carbonyl (C=O) groups is 2. The number of carboxylic acids is 2. The van der Waals surface area contributed by atoms with Crippen molar-refractivity contribution in [1.29, 1.82) is 0 Å². The van der Waals surface area contributed by atoms with E-state index in [0.717, 1.165) is 0 Å². The van der Waals surface area contributed by atoms with Crippen molar-refractivity contribution in [2.45, 2.75) is 18.8 Å². The zero-order chi connectivity index (χ0) is 13.3. The Labute approximate surface area is 66.0 Å². The van der Waals surface area contributed by atoms with Gasteiger partial charge in [0.2, 0.25) is 0 Å². The Kier molecular flexibility index (Phi) is 1.10. The molecule has 0 aromatic rings. The lowest BCUT2D eigenvalue weighted by Gasteiger charge is -2.01. The first kappa shape index (κ1) is 2.87. The van der Waals surface area contributed by atoms with E-state index in [0.29, 0.717) is 0 Å². The van der Waals surface area contributed by atoms with Crippen molar-refractivity contribution in [3.05, 3.63) is 0 Å². The highest BCUT2D eigenvalue weighted by Gasteiger charge is 2.12. The SMILES string of the molecule is [2H]C(C(=O)O)C([2H])([2H])[C@@]([2H])(C(=O)O)N([2H])[2H]. The number of aliphatic carboxylic acids is 2. The van der Waals surface area contributed by atoms with Crippen LogP contribution in [0.15, 0.2) is 0 Å². The monoisotopic (exact) mass is 153 g/mol. The van der Waals surface area contributed by atoms with Crippen molar-refractivity contribution < 1.29 is 28.1 Å². The molecule has 0 saturated heterocycles. The third-order valence-corrected chi connectivity index (χ3v) is 0.535. The Balaban J connectivity index is 5.54. The van der Waals surface area contributed by atoms with Crippen LogP contribution in [0.3, 0.4) is 0 Å². The third-order valence-electron chi connectivity index (χ3n) is 0.535. The first-order chi connectivity index (χ1) is 6.99. The maximum Gasteiger partial charge on any atom is 0.320 e. The summed E-state index contributed by atoms with van der Waals surface area (Å²) in [6, 6.07) is -3.50. The van der Waals surface area contributed by atoms with Crippen LogP contribution in [0.2, 0.25) is 2.82 Å². The van der Waals surface area contributed by atoms with E-state index in [-0.39, 0.29) is 0 Å². The van der Waals surface area contributed by atoms with E-state index in [1.165, 1.54) is 0 Å². The van der Waals surface area contributed by atoms with Crippen LogP contribution in [0.4, 0.5) is 0 Å². The van der Waals surface area contributed by atoms with E-state index in [1.807, 2.05) is 0 Å². The molecule has 5 nitrogen and oxygen atoms in total. The van der Waals surface area contributed by atoms with E-state index in [4.69, 9.17) is 18.5 Å². The van der Waals surface area contributed by atoms with Crippen LogP contribution < -0.4 is 5.72 Å². The van der Waals surface area contributed by atoms with Gasteiger partial charge in [0.05, 0.1) is 1.37 Å². The van der Waals surface area contributed by atoms with Crippen LogP contribution in [0.25, 0.3) is 0 Å². The van der Waals surface area contributed by atoms with E-state index < -0.39 is 36.4 Å². The fraction of sp³-hybridized carbons (Fsp3) is 0.600. The van der Waals surface area contributed by atoms with E-state index in [9.17, 15) is 9.59 Å². The highest BCUT2D eigenvalue weighted by molar-refractivity contribution is 5.74. The Morgan fingerprint density at radius 3 is 2.70 bits per heavy atom. The van der Waals surface area contributed by atoms with Crippen molar-refractivity contribution in [1.82, 2.24) is 0 Å². The minimum atomic E-state index is -3.50. The van der Waals surface area contributed by atoms with Gasteiger partial charge in [0.1, 0.15) is 8.84 Å². The summed E-state index contributed by atoms with van der Waals surface area (Å²) in [4.78, 5) is 21.0. The van der Waals surface area contributed by atoms with Crippen LogP contribution >= 0.6 is 0 Å². The minimum Gasteiger partial charge on any atom is -0.481 e. The summed E-state index contributed by atoms with van der Waals surface area (Å²) in [7, 11) is 0. The van der Waals surface area contributed by atoms with Gasteiger partial charge in [0.15, 0.2) is 0 Å². The Bertz CT molecular complexity index is 309. The van der Waals surface area contributed by atoms with Gasteiger partial charge in [-0.2, -0.15) is 0 Å². The fourth-order valence-electron chi connectivity index (χ4n) is 0.192. The molecule has 0 radical (unpaired) electrons. The molecule has 4 N–H and O–H groups in total. The van der Waals surface area contributed by atoms with Crippen LogP contribution in [-0.2, 0) is 9.59 Å². The molecular formula is C5H9NO4. The average Bonchev–Trinajstić information content (AvgIpc) is 2.13. The van der Waals surface area contributed by atoms with Crippen LogP contribution in [0, 0.1) is 0 Å². The molecule has 2 atom stereocenters. The summed E-state index contributed by atoms with van der Waals surface area (Å²) >= 11 is 0. The molecule has 5 heteroatoms. The van der Waals surface area contributed by atoms with Gasteiger partial charge < -0.3 is 15.9 Å². The molecular weight excluding hydrogens is 138 g/mol. The molecule has 0 aliphatic carbocycles. The molecule has 0 heterocycles. The topological polar surface area (TPSA) is 101 Å². The number of nitrogens with two attached hydrogens (primary N) is 1. The Morgan fingerprint density at radius 1 is 1.80 bits per heavy atom. The normalized spacial score (nSPS) is 29.3. The van der Waals surface area contributed by atoms with Gasteiger partial charge in [-0.15, -0.1) is 0 Å². The van der Waals surface area contributed by atoms with Gasteiger partial charge in [0, 0.05) is 10.5 Å². The third kappa shape index (κ3) is 3.85. The Hall–Kier alpha value is -1.10. The molecule has 58 valence electrons. The molecule has 0 spiro atoms. The predicted molar refractivity (Wildman–Crippen MR) is 32.5 cm³/mol. The maximum absolute atomic E-state index is 10.7. The first-order valence-electron chi connectivity index (χ1n) is 5.13. The quantitative estimate of drug-likeness (QED) is 0.483. The molecule has 0 amide bonds. The van der Waals surface area contributed by atoms with Gasteiger partial charge in [-0.1, -0.05) is 0 Å². The van der Waals surface area contributed by atoms with Crippen LogP contribution in [0.5, 0.6) is 0 Å². The van der Waals surface area contributed by atoms with Gasteiger partial charge in [0.25, 0.3) is 0 Å². The lowest BCUT2D eigenvalue weighted by atomic mass is 10.2. The van der Waals surface area contributed by atoms with Gasteiger partial charge in [-0.05, 0) is 6.37 Å². The predicted octanol–water partition coefficient (Wildman–Crippen LogP) is -0.737. The molecule has 1 unspecified atom stereocenters. The second-order valence-corrected chi connectivity index (χ2v) is 1.28. The second-order valence-electron chi connectivity index (χ2n) is 1.28. The molecule has 0 rings (SSSR count). The smallest absolute Gasteiger partial charge is 0.320 e. The highest BCUT2D eigenvalue weighted by atomic mass is 16.4. The summed E-state index contributed by atoms with van der Waals surface area (Å²) in [5.74, 6) is -4.20. The highest BCUT2D eigenvalue weighted by Crippen LogP contribution is 1.93. The zero-order valence-electron chi connectivity index (χ0n) is 10.7. The summed E-state index contributed by atoms with van der Waals surface area (Å²) < 4.78 is 41.7. The lowest BCUT2D eigenvalue weighted by Crippen LogP contribution is -2.30. The minimum absolute atomic E-state index is 0.778. The van der Waals surface area contributed by atoms with E-state index in [1.54, 1.807) is 0 Å². The second kappa shape index (κ2) is 3.84. The summed E-state index contributed by atoms with van der Waals surface area (Å²) in [5, 5.41) is 17.0. The molecule has 10 heavy (non-hydrogen) atoms.